The first kappa shape index (κ1) is 12.0. The Kier molecular flexibility index (Phi) is 2.69. The topological polar surface area (TPSA) is 81.2 Å². The van der Waals surface area contributed by atoms with Crippen molar-refractivity contribution < 1.29 is 10.0 Å². The van der Waals surface area contributed by atoms with E-state index in [1.165, 1.54) is 0 Å². The van der Waals surface area contributed by atoms with Crippen molar-refractivity contribution in [2.45, 2.75) is 51.7 Å². The van der Waals surface area contributed by atoms with Crippen molar-refractivity contribution in [3.8, 4) is 0 Å². The van der Waals surface area contributed by atoms with E-state index < -0.39 is 5.60 Å². The first-order valence-corrected chi connectivity index (χ1v) is 5.73. The highest BCUT2D eigenvalue weighted by molar-refractivity contribution is 5.44. The average molecular weight is 239 g/mol. The van der Waals surface area contributed by atoms with Crippen LogP contribution in [0.15, 0.2) is 0 Å². The molecule has 1 aliphatic rings. The van der Waals surface area contributed by atoms with Crippen LogP contribution in [0.4, 0.5) is 5.69 Å². The smallest absolute Gasteiger partial charge is 0.313 e. The van der Waals surface area contributed by atoms with Gasteiger partial charge >= 0.3 is 5.69 Å². The van der Waals surface area contributed by atoms with Crippen molar-refractivity contribution in [2.24, 2.45) is 0 Å². The minimum Gasteiger partial charge on any atom is -0.389 e. The van der Waals surface area contributed by atoms with Gasteiger partial charge in [0.15, 0.2) is 0 Å². The van der Waals surface area contributed by atoms with Crippen molar-refractivity contribution in [1.82, 2.24) is 9.78 Å². The molecule has 0 unspecified atom stereocenters. The maximum absolute atomic E-state index is 11.0. The predicted molar refractivity (Wildman–Crippen MR) is 61.9 cm³/mol. The van der Waals surface area contributed by atoms with Gasteiger partial charge in [-0.15, -0.1) is 0 Å². The zero-order chi connectivity index (χ0) is 12.8. The van der Waals surface area contributed by atoms with Gasteiger partial charge in [-0.05, 0) is 33.6 Å². The number of nitrogens with zero attached hydrogens (tertiary/aromatic N) is 3. The summed E-state index contributed by atoms with van der Waals surface area (Å²) in [5, 5.41) is 25.1. The molecule has 17 heavy (non-hydrogen) atoms. The number of hydrogen-bond donors (Lipinski definition) is 1. The molecule has 1 aromatic heterocycles. The Labute approximate surface area is 99.4 Å². The van der Waals surface area contributed by atoms with Crippen LogP contribution in [-0.4, -0.2) is 25.4 Å². The fourth-order valence-corrected chi connectivity index (χ4v) is 1.94. The van der Waals surface area contributed by atoms with Gasteiger partial charge < -0.3 is 5.11 Å². The van der Waals surface area contributed by atoms with Gasteiger partial charge in [0.1, 0.15) is 11.4 Å². The van der Waals surface area contributed by atoms with E-state index in [0.717, 1.165) is 12.8 Å². The lowest BCUT2D eigenvalue weighted by atomic mass is 10.1. The number of aliphatic hydroxyl groups is 1. The lowest BCUT2D eigenvalue weighted by Gasteiger charge is -2.17. The molecule has 0 aromatic carbocycles. The monoisotopic (exact) mass is 239 g/mol. The minimum atomic E-state index is -0.925. The van der Waals surface area contributed by atoms with Gasteiger partial charge in [0, 0.05) is 5.92 Å². The molecule has 94 valence electrons. The minimum absolute atomic E-state index is 0.122. The number of aromatic nitrogens is 2. The molecule has 0 radical (unpaired) electrons. The Balaban J connectivity index is 2.41. The van der Waals surface area contributed by atoms with E-state index in [1.807, 2.05) is 0 Å². The van der Waals surface area contributed by atoms with Gasteiger partial charge in [0.05, 0.1) is 17.1 Å². The van der Waals surface area contributed by atoms with Gasteiger partial charge in [-0.2, -0.15) is 5.10 Å². The normalized spacial score (nSPS) is 16.2. The summed E-state index contributed by atoms with van der Waals surface area (Å²) in [5.74, 6) is 0.233. The molecule has 6 nitrogen and oxygen atoms in total. The first-order chi connectivity index (χ1) is 7.79. The van der Waals surface area contributed by atoms with E-state index in [0.29, 0.717) is 11.4 Å². The van der Waals surface area contributed by atoms with Crippen LogP contribution < -0.4 is 0 Å². The fraction of sp³-hybridized carbons (Fsp3) is 0.727. The summed E-state index contributed by atoms with van der Waals surface area (Å²) < 4.78 is 1.55. The summed E-state index contributed by atoms with van der Waals surface area (Å²) in [7, 11) is 0. The molecule has 1 aliphatic carbocycles. The molecule has 0 spiro atoms. The van der Waals surface area contributed by atoms with Gasteiger partial charge in [-0.3, -0.25) is 14.8 Å². The van der Waals surface area contributed by atoms with Gasteiger partial charge in [-0.1, -0.05) is 0 Å². The van der Waals surface area contributed by atoms with Crippen LogP contribution in [0.25, 0.3) is 0 Å². The Morgan fingerprint density at radius 1 is 1.59 bits per heavy atom. The Morgan fingerprint density at radius 2 is 2.18 bits per heavy atom. The quantitative estimate of drug-likeness (QED) is 0.641. The maximum Gasteiger partial charge on any atom is 0.313 e. The molecular weight excluding hydrogens is 222 g/mol. The molecule has 0 bridgehead atoms. The van der Waals surface area contributed by atoms with Crippen LogP contribution in [0.1, 0.15) is 44.0 Å². The van der Waals surface area contributed by atoms with Crippen molar-refractivity contribution in [3.05, 3.63) is 21.5 Å². The van der Waals surface area contributed by atoms with Crippen LogP contribution in [0, 0.1) is 17.0 Å². The lowest BCUT2D eigenvalue weighted by molar-refractivity contribution is -0.386. The molecular formula is C11H17N3O3. The van der Waals surface area contributed by atoms with E-state index >= 15 is 0 Å². The first-order valence-electron chi connectivity index (χ1n) is 5.73. The standard InChI is InChI=1S/C11H17N3O3/c1-7-10(14(16)17)9(8-4-5-8)12-13(7)6-11(2,3)15/h8,15H,4-6H2,1-3H3. The Morgan fingerprint density at radius 3 is 2.59 bits per heavy atom. The Bertz CT molecular complexity index is 455. The molecule has 1 saturated carbocycles. The lowest BCUT2D eigenvalue weighted by Crippen LogP contribution is -2.27. The highest BCUT2D eigenvalue weighted by Gasteiger charge is 2.37. The van der Waals surface area contributed by atoms with Crippen LogP contribution in [0.2, 0.25) is 0 Å². The van der Waals surface area contributed by atoms with Crippen molar-refractivity contribution in [3.63, 3.8) is 0 Å². The molecule has 1 aromatic rings. The molecule has 0 aliphatic heterocycles. The molecule has 0 atom stereocenters. The molecule has 1 N–H and O–H groups in total. The van der Waals surface area contributed by atoms with Crippen molar-refractivity contribution in [1.29, 1.82) is 0 Å². The highest BCUT2D eigenvalue weighted by atomic mass is 16.6. The molecule has 0 amide bonds. The second kappa shape index (κ2) is 3.80. The number of nitro groups is 1. The number of hydrogen-bond acceptors (Lipinski definition) is 4. The summed E-state index contributed by atoms with van der Waals surface area (Å²) in [6.45, 7) is 5.28. The second-order valence-electron chi connectivity index (χ2n) is 5.32. The van der Waals surface area contributed by atoms with Crippen molar-refractivity contribution >= 4 is 5.69 Å². The average Bonchev–Trinajstić information content (AvgIpc) is 2.91. The third-order valence-electron chi connectivity index (χ3n) is 2.88. The van der Waals surface area contributed by atoms with Crippen LogP contribution in [-0.2, 0) is 6.54 Å². The van der Waals surface area contributed by atoms with Crippen LogP contribution >= 0.6 is 0 Å². The van der Waals surface area contributed by atoms with Crippen LogP contribution in [0.3, 0.4) is 0 Å². The fourth-order valence-electron chi connectivity index (χ4n) is 1.94. The van der Waals surface area contributed by atoms with E-state index in [1.54, 1.807) is 25.5 Å². The molecule has 0 saturated heterocycles. The van der Waals surface area contributed by atoms with Gasteiger partial charge in [0.25, 0.3) is 0 Å². The van der Waals surface area contributed by atoms with E-state index in [4.69, 9.17) is 0 Å². The third-order valence-corrected chi connectivity index (χ3v) is 2.88. The summed E-state index contributed by atoms with van der Waals surface area (Å²) >= 11 is 0. The van der Waals surface area contributed by atoms with E-state index in [-0.39, 0.29) is 23.1 Å². The summed E-state index contributed by atoms with van der Waals surface area (Å²) in [5.41, 5.74) is 0.304. The SMILES string of the molecule is Cc1c([N+](=O)[O-])c(C2CC2)nn1CC(C)(C)O. The Hall–Kier alpha value is -1.43. The summed E-state index contributed by atoms with van der Waals surface area (Å²) in [6.07, 6.45) is 1.94. The molecule has 1 heterocycles. The molecule has 1 fully saturated rings. The number of rotatable bonds is 4. The predicted octanol–water partition coefficient (Wildman–Crippen LogP) is 1.75. The van der Waals surface area contributed by atoms with Gasteiger partial charge in [-0.25, -0.2) is 0 Å². The second-order valence-corrected chi connectivity index (χ2v) is 5.32. The van der Waals surface area contributed by atoms with Gasteiger partial charge in [0.2, 0.25) is 0 Å². The summed E-state index contributed by atoms with van der Waals surface area (Å²) in [6, 6.07) is 0. The zero-order valence-corrected chi connectivity index (χ0v) is 10.3. The van der Waals surface area contributed by atoms with E-state index in [2.05, 4.69) is 5.10 Å². The third kappa shape index (κ3) is 2.46. The summed E-state index contributed by atoms with van der Waals surface area (Å²) in [4.78, 5) is 10.7. The van der Waals surface area contributed by atoms with E-state index in [9.17, 15) is 15.2 Å². The highest BCUT2D eigenvalue weighted by Crippen LogP contribution is 2.44. The van der Waals surface area contributed by atoms with Crippen LogP contribution in [0.5, 0.6) is 0 Å². The largest absolute Gasteiger partial charge is 0.389 e. The molecule has 6 heteroatoms. The van der Waals surface area contributed by atoms with Crippen molar-refractivity contribution in [2.75, 3.05) is 0 Å². The molecule has 2 rings (SSSR count). The zero-order valence-electron chi connectivity index (χ0n) is 10.3. The maximum atomic E-state index is 11.0.